The summed E-state index contributed by atoms with van der Waals surface area (Å²) in [6, 6.07) is 0.296. The molecule has 0 aromatic heterocycles. The second-order valence-corrected chi connectivity index (χ2v) is 5.79. The molecule has 4 heteroatoms. The average Bonchev–Trinajstić information content (AvgIpc) is 2.42. The van der Waals surface area contributed by atoms with Crippen molar-refractivity contribution in [2.45, 2.75) is 52.5 Å². The molecule has 1 aliphatic carbocycles. The van der Waals surface area contributed by atoms with E-state index in [4.69, 9.17) is 5.73 Å². The normalized spacial score (nSPS) is 25.3. The van der Waals surface area contributed by atoms with Gasteiger partial charge in [0.1, 0.15) is 0 Å². The van der Waals surface area contributed by atoms with Gasteiger partial charge in [0.05, 0.1) is 0 Å². The molecule has 1 amide bonds. The lowest BCUT2D eigenvalue weighted by Crippen LogP contribution is -2.41. The Morgan fingerprint density at radius 1 is 1.37 bits per heavy atom. The first kappa shape index (κ1) is 16.4. The van der Waals surface area contributed by atoms with Gasteiger partial charge in [-0.1, -0.05) is 27.2 Å². The molecular weight excluding hydrogens is 238 g/mol. The molecule has 0 saturated heterocycles. The topological polar surface area (TPSA) is 58.4 Å². The summed E-state index contributed by atoms with van der Waals surface area (Å²) in [5.74, 6) is 0.770. The van der Waals surface area contributed by atoms with Crippen LogP contribution < -0.4 is 11.1 Å². The van der Waals surface area contributed by atoms with Crippen LogP contribution in [0.4, 0.5) is 0 Å². The number of amides is 1. The molecule has 1 fully saturated rings. The Morgan fingerprint density at radius 2 is 2.05 bits per heavy atom. The van der Waals surface area contributed by atoms with Crippen LogP contribution in [0.2, 0.25) is 0 Å². The lowest BCUT2D eigenvalue weighted by atomic mass is 9.78. The van der Waals surface area contributed by atoms with Crippen LogP contribution in [0.1, 0.15) is 46.5 Å². The Balaban J connectivity index is 2.28. The van der Waals surface area contributed by atoms with Crippen LogP contribution in [0.25, 0.3) is 0 Å². The average molecular weight is 269 g/mol. The number of carbonyl (C=O) groups is 1. The summed E-state index contributed by atoms with van der Waals surface area (Å²) >= 11 is 0. The van der Waals surface area contributed by atoms with E-state index < -0.39 is 0 Å². The zero-order chi connectivity index (χ0) is 14.3. The second-order valence-electron chi connectivity index (χ2n) is 5.79. The van der Waals surface area contributed by atoms with Gasteiger partial charge in [-0.25, -0.2) is 0 Å². The van der Waals surface area contributed by atoms with E-state index in [-0.39, 0.29) is 11.8 Å². The van der Waals surface area contributed by atoms with Crippen molar-refractivity contribution in [3.63, 3.8) is 0 Å². The Hall–Kier alpha value is -0.610. The summed E-state index contributed by atoms with van der Waals surface area (Å²) in [5.41, 5.74) is 6.00. The zero-order valence-electron chi connectivity index (χ0n) is 12.8. The molecule has 3 N–H and O–H groups in total. The van der Waals surface area contributed by atoms with Gasteiger partial charge in [0.2, 0.25) is 5.91 Å². The number of nitrogens with zero attached hydrogens (tertiary/aromatic N) is 1. The molecule has 3 unspecified atom stereocenters. The molecule has 1 saturated carbocycles. The number of hydrogen-bond acceptors (Lipinski definition) is 3. The van der Waals surface area contributed by atoms with Gasteiger partial charge in [0.25, 0.3) is 0 Å². The summed E-state index contributed by atoms with van der Waals surface area (Å²) in [4.78, 5) is 14.5. The molecule has 0 aromatic carbocycles. The molecule has 0 aliphatic heterocycles. The molecule has 112 valence electrons. The van der Waals surface area contributed by atoms with Crippen LogP contribution >= 0.6 is 0 Å². The molecule has 0 aromatic rings. The van der Waals surface area contributed by atoms with E-state index >= 15 is 0 Å². The SMILES string of the molecule is CCN(CC)CCNC(=O)C(C)C1CCCC(N)C1. The number of nitrogens with one attached hydrogen (secondary N) is 1. The summed E-state index contributed by atoms with van der Waals surface area (Å²) in [7, 11) is 0. The lowest BCUT2D eigenvalue weighted by molar-refractivity contribution is -0.126. The smallest absolute Gasteiger partial charge is 0.223 e. The maximum absolute atomic E-state index is 12.1. The van der Waals surface area contributed by atoms with Crippen LogP contribution in [0.15, 0.2) is 0 Å². The Kier molecular flexibility index (Phi) is 7.39. The quantitative estimate of drug-likeness (QED) is 0.738. The third-order valence-corrected chi connectivity index (χ3v) is 4.50. The van der Waals surface area contributed by atoms with E-state index in [1.54, 1.807) is 0 Å². The highest BCUT2D eigenvalue weighted by Crippen LogP contribution is 2.29. The fraction of sp³-hybridized carbons (Fsp3) is 0.933. The van der Waals surface area contributed by atoms with Gasteiger partial charge < -0.3 is 16.0 Å². The molecule has 0 spiro atoms. The van der Waals surface area contributed by atoms with Gasteiger partial charge in [-0.05, 0) is 38.3 Å². The predicted molar refractivity (Wildman–Crippen MR) is 79.9 cm³/mol. The van der Waals surface area contributed by atoms with Crippen molar-refractivity contribution in [3.05, 3.63) is 0 Å². The minimum Gasteiger partial charge on any atom is -0.355 e. The number of hydrogen-bond donors (Lipinski definition) is 2. The van der Waals surface area contributed by atoms with Gasteiger partial charge >= 0.3 is 0 Å². The van der Waals surface area contributed by atoms with Crippen molar-refractivity contribution in [1.82, 2.24) is 10.2 Å². The lowest BCUT2D eigenvalue weighted by Gasteiger charge is -2.30. The number of nitrogens with two attached hydrogens (primary N) is 1. The van der Waals surface area contributed by atoms with E-state index in [1.165, 1.54) is 6.42 Å². The first-order valence-corrected chi connectivity index (χ1v) is 7.84. The maximum Gasteiger partial charge on any atom is 0.223 e. The Morgan fingerprint density at radius 3 is 2.63 bits per heavy atom. The molecule has 0 bridgehead atoms. The molecule has 1 aliphatic rings. The molecule has 4 nitrogen and oxygen atoms in total. The molecular formula is C15H31N3O. The number of rotatable bonds is 7. The zero-order valence-corrected chi connectivity index (χ0v) is 12.8. The van der Waals surface area contributed by atoms with E-state index in [0.29, 0.717) is 12.0 Å². The monoisotopic (exact) mass is 269 g/mol. The molecule has 3 atom stereocenters. The van der Waals surface area contributed by atoms with Crippen LogP contribution in [0.3, 0.4) is 0 Å². The maximum atomic E-state index is 12.1. The molecule has 0 radical (unpaired) electrons. The van der Waals surface area contributed by atoms with Crippen LogP contribution in [0, 0.1) is 11.8 Å². The van der Waals surface area contributed by atoms with Crippen molar-refractivity contribution in [1.29, 1.82) is 0 Å². The summed E-state index contributed by atoms with van der Waals surface area (Å²) < 4.78 is 0. The van der Waals surface area contributed by atoms with Crippen molar-refractivity contribution in [2.24, 2.45) is 17.6 Å². The highest BCUT2D eigenvalue weighted by molar-refractivity contribution is 5.78. The van der Waals surface area contributed by atoms with Crippen LogP contribution in [-0.4, -0.2) is 43.0 Å². The summed E-state index contributed by atoms with van der Waals surface area (Å²) in [6.45, 7) is 10.1. The Bertz CT molecular complexity index is 266. The molecule has 0 heterocycles. The Labute approximate surface area is 118 Å². The van der Waals surface area contributed by atoms with Gasteiger partial charge in [0.15, 0.2) is 0 Å². The van der Waals surface area contributed by atoms with Crippen molar-refractivity contribution < 1.29 is 4.79 Å². The van der Waals surface area contributed by atoms with Gasteiger partial charge in [0, 0.05) is 25.0 Å². The van der Waals surface area contributed by atoms with Crippen molar-refractivity contribution in [2.75, 3.05) is 26.2 Å². The molecule has 19 heavy (non-hydrogen) atoms. The van der Waals surface area contributed by atoms with Gasteiger partial charge in [-0.2, -0.15) is 0 Å². The summed E-state index contributed by atoms with van der Waals surface area (Å²) in [5, 5.41) is 3.07. The van der Waals surface area contributed by atoms with E-state index in [0.717, 1.165) is 45.4 Å². The standard InChI is InChI=1S/C15H31N3O/c1-4-18(5-2)10-9-17-15(19)12(3)13-7-6-8-14(16)11-13/h12-14H,4-11,16H2,1-3H3,(H,17,19). The highest BCUT2D eigenvalue weighted by Gasteiger charge is 2.28. The van der Waals surface area contributed by atoms with Crippen molar-refractivity contribution >= 4 is 5.91 Å². The van der Waals surface area contributed by atoms with E-state index in [9.17, 15) is 4.79 Å². The van der Waals surface area contributed by atoms with Crippen LogP contribution in [-0.2, 0) is 4.79 Å². The number of likely N-dealkylation sites (N-methyl/N-ethyl adjacent to an activating group) is 1. The second kappa shape index (κ2) is 8.54. The fourth-order valence-corrected chi connectivity index (χ4v) is 2.97. The third kappa shape index (κ3) is 5.49. The number of carbonyl (C=O) groups excluding carboxylic acids is 1. The van der Waals surface area contributed by atoms with Crippen molar-refractivity contribution in [3.8, 4) is 0 Å². The first-order chi connectivity index (χ1) is 9.08. The third-order valence-electron chi connectivity index (χ3n) is 4.50. The fourth-order valence-electron chi connectivity index (χ4n) is 2.97. The minimum absolute atomic E-state index is 0.100. The largest absolute Gasteiger partial charge is 0.355 e. The van der Waals surface area contributed by atoms with Gasteiger partial charge in [-0.3, -0.25) is 4.79 Å². The minimum atomic E-state index is 0.100. The summed E-state index contributed by atoms with van der Waals surface area (Å²) in [6.07, 6.45) is 4.44. The van der Waals surface area contributed by atoms with Gasteiger partial charge in [-0.15, -0.1) is 0 Å². The predicted octanol–water partition coefficient (Wildman–Crippen LogP) is 1.60. The van der Waals surface area contributed by atoms with E-state index in [2.05, 4.69) is 31.0 Å². The first-order valence-electron chi connectivity index (χ1n) is 7.84. The highest BCUT2D eigenvalue weighted by atomic mass is 16.1. The van der Waals surface area contributed by atoms with E-state index in [1.807, 2.05) is 0 Å². The van der Waals surface area contributed by atoms with Crippen LogP contribution in [0.5, 0.6) is 0 Å². The molecule has 1 rings (SSSR count).